The lowest BCUT2D eigenvalue weighted by atomic mass is 10.3. The van der Waals surface area contributed by atoms with Crippen molar-refractivity contribution in [3.05, 3.63) is 0 Å². The summed E-state index contributed by atoms with van der Waals surface area (Å²) in [6.07, 6.45) is -1.75. The second-order valence-corrected chi connectivity index (χ2v) is 3.72. The third-order valence-corrected chi connectivity index (χ3v) is 2.47. The van der Waals surface area contributed by atoms with E-state index in [-0.39, 0.29) is 25.0 Å². The van der Waals surface area contributed by atoms with Crippen molar-refractivity contribution in [1.82, 2.24) is 4.90 Å². The Bertz CT molecular complexity index is 211. The zero-order valence-corrected chi connectivity index (χ0v) is 8.12. The summed E-state index contributed by atoms with van der Waals surface area (Å²) in [6.45, 7) is 1.09. The third-order valence-electron chi connectivity index (χ3n) is 2.47. The quantitative estimate of drug-likeness (QED) is 0.722. The molecule has 3 nitrogen and oxygen atoms in total. The first-order valence-electron chi connectivity index (χ1n) is 4.74. The molecule has 1 saturated carbocycles. The molecule has 1 N–H and O–H groups in total. The lowest BCUT2D eigenvalue weighted by Gasteiger charge is -2.21. The van der Waals surface area contributed by atoms with Gasteiger partial charge >= 0.3 is 0 Å². The van der Waals surface area contributed by atoms with Gasteiger partial charge in [-0.2, -0.15) is 0 Å². The molecule has 1 aliphatic rings. The first kappa shape index (κ1) is 11.4. The lowest BCUT2D eigenvalue weighted by molar-refractivity contribution is -0.135. The van der Waals surface area contributed by atoms with Gasteiger partial charge in [-0.3, -0.25) is 4.79 Å². The Morgan fingerprint density at radius 3 is 2.57 bits per heavy atom. The summed E-state index contributed by atoms with van der Waals surface area (Å²) in [5, 5.41) is 8.63. The van der Waals surface area contributed by atoms with Crippen LogP contribution in [0.15, 0.2) is 0 Å². The molecule has 5 heteroatoms. The summed E-state index contributed by atoms with van der Waals surface area (Å²) in [5.74, 6) is -0.0338. The van der Waals surface area contributed by atoms with Crippen LogP contribution >= 0.6 is 0 Å². The zero-order chi connectivity index (χ0) is 10.7. The van der Waals surface area contributed by atoms with Crippen LogP contribution < -0.4 is 0 Å². The summed E-state index contributed by atoms with van der Waals surface area (Å²) in [7, 11) is 0. The molecule has 1 fully saturated rings. The van der Waals surface area contributed by atoms with E-state index in [4.69, 9.17) is 5.11 Å². The molecule has 1 rings (SSSR count). The molecular formula is C9H15F2NO2. The van der Waals surface area contributed by atoms with Crippen LogP contribution in [0.3, 0.4) is 0 Å². The number of hydrogen-bond donors (Lipinski definition) is 1. The van der Waals surface area contributed by atoms with Crippen molar-refractivity contribution in [3.8, 4) is 0 Å². The minimum Gasteiger partial charge on any atom is -0.395 e. The summed E-state index contributed by atoms with van der Waals surface area (Å²) in [6, 6.07) is 0. The summed E-state index contributed by atoms with van der Waals surface area (Å²) >= 11 is 0. The highest BCUT2D eigenvalue weighted by Gasteiger charge is 2.41. The van der Waals surface area contributed by atoms with Gasteiger partial charge in [-0.1, -0.05) is 6.92 Å². The number of amides is 1. The Hall–Kier alpha value is -0.710. The van der Waals surface area contributed by atoms with Gasteiger partial charge < -0.3 is 10.0 Å². The van der Waals surface area contributed by atoms with Gasteiger partial charge in [-0.25, -0.2) is 8.78 Å². The molecule has 0 spiro atoms. The molecule has 1 amide bonds. The molecule has 2 unspecified atom stereocenters. The van der Waals surface area contributed by atoms with Gasteiger partial charge in [0.25, 0.3) is 6.43 Å². The molecule has 0 radical (unpaired) electrons. The maximum absolute atomic E-state index is 12.1. The lowest BCUT2D eigenvalue weighted by Crippen LogP contribution is -2.38. The highest BCUT2D eigenvalue weighted by Crippen LogP contribution is 2.39. The SMILES string of the molecule is CC1CC1C(=O)N(CCO)CC(F)F. The molecule has 14 heavy (non-hydrogen) atoms. The van der Waals surface area contributed by atoms with E-state index in [9.17, 15) is 13.6 Å². The van der Waals surface area contributed by atoms with Crippen LogP contribution in [0.5, 0.6) is 0 Å². The fourth-order valence-electron chi connectivity index (χ4n) is 1.48. The Balaban J connectivity index is 2.44. The van der Waals surface area contributed by atoms with Crippen LogP contribution in [0.4, 0.5) is 8.78 Å². The van der Waals surface area contributed by atoms with Gasteiger partial charge in [0.05, 0.1) is 13.2 Å². The summed E-state index contributed by atoms with van der Waals surface area (Å²) in [4.78, 5) is 12.6. The highest BCUT2D eigenvalue weighted by atomic mass is 19.3. The van der Waals surface area contributed by atoms with E-state index in [1.807, 2.05) is 6.92 Å². The maximum atomic E-state index is 12.1. The Kier molecular flexibility index (Phi) is 3.80. The first-order valence-corrected chi connectivity index (χ1v) is 4.74. The topological polar surface area (TPSA) is 40.5 Å². The van der Waals surface area contributed by atoms with E-state index in [0.717, 1.165) is 11.3 Å². The molecule has 82 valence electrons. The second-order valence-electron chi connectivity index (χ2n) is 3.72. The largest absolute Gasteiger partial charge is 0.395 e. The standard InChI is InChI=1S/C9H15F2NO2/c1-6-4-7(6)9(14)12(2-3-13)5-8(10)11/h6-8,13H,2-5H2,1H3. The van der Waals surface area contributed by atoms with Crippen molar-refractivity contribution >= 4 is 5.91 Å². The fraction of sp³-hybridized carbons (Fsp3) is 0.889. The maximum Gasteiger partial charge on any atom is 0.255 e. The Labute approximate surface area is 81.7 Å². The number of alkyl halides is 2. The van der Waals surface area contributed by atoms with E-state index < -0.39 is 13.0 Å². The number of carbonyl (C=O) groups is 1. The van der Waals surface area contributed by atoms with E-state index >= 15 is 0 Å². The number of nitrogens with zero attached hydrogens (tertiary/aromatic N) is 1. The van der Waals surface area contributed by atoms with Crippen LogP contribution in [0.25, 0.3) is 0 Å². The highest BCUT2D eigenvalue weighted by molar-refractivity contribution is 5.81. The molecule has 1 aliphatic carbocycles. The van der Waals surface area contributed by atoms with Gasteiger partial charge in [-0.15, -0.1) is 0 Å². The summed E-state index contributed by atoms with van der Waals surface area (Å²) < 4.78 is 24.1. The number of hydrogen-bond acceptors (Lipinski definition) is 2. The molecule has 0 saturated heterocycles. The minimum absolute atomic E-state index is 0.00634. The molecule has 0 aromatic rings. The van der Waals surface area contributed by atoms with Crippen molar-refractivity contribution in [1.29, 1.82) is 0 Å². The number of carbonyl (C=O) groups excluding carboxylic acids is 1. The molecule has 0 heterocycles. The predicted octanol–water partition coefficient (Wildman–Crippen LogP) is 0.728. The van der Waals surface area contributed by atoms with Crippen molar-refractivity contribution in [2.45, 2.75) is 19.8 Å². The van der Waals surface area contributed by atoms with E-state index in [1.54, 1.807) is 0 Å². The predicted molar refractivity (Wildman–Crippen MR) is 46.9 cm³/mol. The van der Waals surface area contributed by atoms with Crippen molar-refractivity contribution < 1.29 is 18.7 Å². The molecule has 2 atom stereocenters. The molecule has 0 aromatic heterocycles. The number of aliphatic hydroxyl groups is 1. The van der Waals surface area contributed by atoms with Gasteiger partial charge in [0.2, 0.25) is 5.91 Å². The molecule has 0 aromatic carbocycles. The van der Waals surface area contributed by atoms with Crippen molar-refractivity contribution in [2.24, 2.45) is 11.8 Å². The third kappa shape index (κ3) is 2.90. The monoisotopic (exact) mass is 207 g/mol. The zero-order valence-electron chi connectivity index (χ0n) is 8.12. The minimum atomic E-state index is -2.53. The Morgan fingerprint density at radius 1 is 1.64 bits per heavy atom. The smallest absolute Gasteiger partial charge is 0.255 e. The van der Waals surface area contributed by atoms with E-state index in [2.05, 4.69) is 0 Å². The average molecular weight is 207 g/mol. The van der Waals surface area contributed by atoms with Crippen LogP contribution in [0.2, 0.25) is 0 Å². The molecular weight excluding hydrogens is 192 g/mol. The van der Waals surface area contributed by atoms with E-state index in [1.165, 1.54) is 0 Å². The number of rotatable bonds is 5. The number of halogens is 2. The molecule has 0 aliphatic heterocycles. The normalized spacial score (nSPS) is 25.2. The fourth-order valence-corrected chi connectivity index (χ4v) is 1.48. The average Bonchev–Trinajstić information content (AvgIpc) is 2.80. The van der Waals surface area contributed by atoms with Gasteiger partial charge in [0, 0.05) is 12.5 Å². The number of aliphatic hydroxyl groups excluding tert-OH is 1. The first-order chi connectivity index (χ1) is 6.56. The Morgan fingerprint density at radius 2 is 2.21 bits per heavy atom. The summed E-state index contributed by atoms with van der Waals surface area (Å²) in [5.41, 5.74) is 0. The van der Waals surface area contributed by atoms with Gasteiger partial charge in [-0.05, 0) is 12.3 Å². The van der Waals surface area contributed by atoms with Gasteiger partial charge in [0.1, 0.15) is 0 Å². The van der Waals surface area contributed by atoms with Crippen molar-refractivity contribution in [3.63, 3.8) is 0 Å². The second kappa shape index (κ2) is 4.68. The van der Waals surface area contributed by atoms with Crippen molar-refractivity contribution in [2.75, 3.05) is 19.7 Å². The van der Waals surface area contributed by atoms with Crippen LogP contribution in [-0.2, 0) is 4.79 Å². The van der Waals surface area contributed by atoms with Gasteiger partial charge in [0.15, 0.2) is 0 Å². The van der Waals surface area contributed by atoms with E-state index in [0.29, 0.717) is 5.92 Å². The molecule has 0 bridgehead atoms. The van der Waals surface area contributed by atoms with Crippen LogP contribution in [-0.4, -0.2) is 42.0 Å². The van der Waals surface area contributed by atoms with Crippen LogP contribution in [0.1, 0.15) is 13.3 Å². The van der Waals surface area contributed by atoms with Crippen LogP contribution in [0, 0.1) is 11.8 Å².